The number of methoxy groups -OCH3 is 1. The molecular formula is C13H22N2O5S. The lowest BCUT2D eigenvalue weighted by Crippen LogP contribution is -2.37. The second-order valence-electron chi connectivity index (χ2n) is 4.89. The lowest BCUT2D eigenvalue weighted by atomic mass is 10.4. The second-order valence-corrected chi connectivity index (χ2v) is 6.88. The molecule has 1 N–H and O–H groups in total. The lowest BCUT2D eigenvalue weighted by Gasteiger charge is -2.22. The molecule has 1 unspecified atom stereocenters. The Morgan fingerprint density at radius 1 is 1.52 bits per heavy atom. The van der Waals surface area contributed by atoms with Crippen LogP contribution in [-0.2, 0) is 21.3 Å². The van der Waals surface area contributed by atoms with Crippen LogP contribution < -0.4 is 0 Å². The molecule has 21 heavy (non-hydrogen) atoms. The number of carboxylic acid groups (broad SMARTS) is 1. The molecule has 0 aromatic carbocycles. The van der Waals surface area contributed by atoms with Gasteiger partial charge < -0.3 is 14.4 Å². The van der Waals surface area contributed by atoms with E-state index in [2.05, 4.69) is 0 Å². The molecule has 120 valence electrons. The van der Waals surface area contributed by atoms with E-state index >= 15 is 0 Å². The van der Waals surface area contributed by atoms with Crippen molar-refractivity contribution in [1.82, 2.24) is 8.87 Å². The third kappa shape index (κ3) is 3.84. The SMILES string of the molecule is CCCn1cc(S(=O)(=O)N(C)C(C)COC)cc1C(=O)O. The maximum atomic E-state index is 12.5. The summed E-state index contributed by atoms with van der Waals surface area (Å²) in [5.41, 5.74) is -0.0248. The van der Waals surface area contributed by atoms with Crippen LogP contribution in [0.2, 0.25) is 0 Å². The first-order valence-corrected chi connectivity index (χ1v) is 8.10. The van der Waals surface area contributed by atoms with Gasteiger partial charge in [-0.3, -0.25) is 0 Å². The molecule has 8 heteroatoms. The van der Waals surface area contributed by atoms with Crippen molar-refractivity contribution in [2.24, 2.45) is 0 Å². The van der Waals surface area contributed by atoms with E-state index in [-0.39, 0.29) is 23.2 Å². The Kier molecular flexibility index (Phi) is 5.94. The van der Waals surface area contributed by atoms with Crippen molar-refractivity contribution in [2.75, 3.05) is 20.8 Å². The molecule has 1 atom stereocenters. The number of likely N-dealkylation sites (N-methyl/N-ethyl adjacent to an activating group) is 1. The van der Waals surface area contributed by atoms with Crippen LogP contribution in [0.25, 0.3) is 0 Å². The Balaban J connectivity index is 3.19. The second kappa shape index (κ2) is 7.06. The number of sulfonamides is 1. The monoisotopic (exact) mass is 318 g/mol. The predicted molar refractivity (Wildman–Crippen MR) is 78.0 cm³/mol. The molecular weight excluding hydrogens is 296 g/mol. The molecule has 0 fully saturated rings. The fourth-order valence-corrected chi connectivity index (χ4v) is 3.37. The summed E-state index contributed by atoms with van der Waals surface area (Å²) in [5.74, 6) is -1.14. The fourth-order valence-electron chi connectivity index (χ4n) is 1.98. The summed E-state index contributed by atoms with van der Waals surface area (Å²) in [5, 5.41) is 9.15. The van der Waals surface area contributed by atoms with Crippen LogP contribution in [0.3, 0.4) is 0 Å². The Labute approximate surface area is 125 Å². The number of aromatic nitrogens is 1. The van der Waals surface area contributed by atoms with Gasteiger partial charge in [0.1, 0.15) is 10.6 Å². The molecule has 0 bridgehead atoms. The minimum atomic E-state index is -3.74. The summed E-state index contributed by atoms with van der Waals surface area (Å²) in [4.78, 5) is 11.2. The van der Waals surface area contributed by atoms with Gasteiger partial charge in [-0.15, -0.1) is 0 Å². The zero-order valence-corrected chi connectivity index (χ0v) is 13.6. The van der Waals surface area contributed by atoms with E-state index in [1.165, 1.54) is 35.3 Å². The minimum Gasteiger partial charge on any atom is -0.477 e. The molecule has 1 aromatic rings. The number of hydrogen-bond donors (Lipinski definition) is 1. The molecule has 1 aromatic heterocycles. The standard InChI is InChI=1S/C13H22N2O5S/c1-5-6-15-8-11(7-12(15)13(16)17)21(18,19)14(3)10(2)9-20-4/h7-8,10H,5-6,9H2,1-4H3,(H,16,17). The highest BCUT2D eigenvalue weighted by molar-refractivity contribution is 7.89. The lowest BCUT2D eigenvalue weighted by molar-refractivity contribution is 0.0685. The number of carbonyl (C=O) groups is 1. The Morgan fingerprint density at radius 3 is 2.62 bits per heavy atom. The Hall–Kier alpha value is -1.38. The summed E-state index contributed by atoms with van der Waals surface area (Å²) >= 11 is 0. The summed E-state index contributed by atoms with van der Waals surface area (Å²) < 4.78 is 32.6. The first-order chi connectivity index (χ1) is 9.75. The molecule has 0 aliphatic carbocycles. The molecule has 1 rings (SSSR count). The Bertz CT molecular complexity index is 594. The molecule has 0 spiro atoms. The normalized spacial score (nSPS) is 13.6. The van der Waals surface area contributed by atoms with E-state index in [1.807, 2.05) is 6.92 Å². The van der Waals surface area contributed by atoms with Gasteiger partial charge in [-0.1, -0.05) is 6.92 Å². The van der Waals surface area contributed by atoms with Crippen LogP contribution in [-0.4, -0.2) is 55.2 Å². The number of aryl methyl sites for hydroxylation is 1. The van der Waals surface area contributed by atoms with Gasteiger partial charge in [0, 0.05) is 32.9 Å². The van der Waals surface area contributed by atoms with Crippen molar-refractivity contribution in [3.05, 3.63) is 18.0 Å². The predicted octanol–water partition coefficient (Wildman–Crippen LogP) is 1.25. The van der Waals surface area contributed by atoms with Gasteiger partial charge >= 0.3 is 5.97 Å². The zero-order valence-electron chi connectivity index (χ0n) is 12.7. The van der Waals surface area contributed by atoms with Gasteiger partial charge in [0.25, 0.3) is 0 Å². The molecule has 0 saturated heterocycles. The third-order valence-electron chi connectivity index (χ3n) is 3.26. The summed E-state index contributed by atoms with van der Waals surface area (Å²) in [6.07, 6.45) is 2.09. The van der Waals surface area contributed by atoms with Crippen molar-refractivity contribution in [2.45, 2.75) is 37.8 Å². The molecule has 0 aliphatic rings. The van der Waals surface area contributed by atoms with Gasteiger partial charge in [0.05, 0.1) is 6.61 Å². The molecule has 0 aliphatic heterocycles. The molecule has 7 nitrogen and oxygen atoms in total. The van der Waals surface area contributed by atoms with E-state index in [9.17, 15) is 13.2 Å². The maximum absolute atomic E-state index is 12.5. The van der Waals surface area contributed by atoms with E-state index < -0.39 is 16.0 Å². The quantitative estimate of drug-likeness (QED) is 0.779. The minimum absolute atomic E-state index is 0.0150. The van der Waals surface area contributed by atoms with Gasteiger partial charge in [-0.2, -0.15) is 4.31 Å². The van der Waals surface area contributed by atoms with Gasteiger partial charge in [-0.05, 0) is 19.4 Å². The fraction of sp³-hybridized carbons (Fsp3) is 0.615. The number of rotatable bonds is 8. The summed E-state index contributed by atoms with van der Waals surface area (Å²) in [6.45, 7) is 4.33. The molecule has 1 heterocycles. The largest absolute Gasteiger partial charge is 0.477 e. The number of ether oxygens (including phenoxy) is 1. The van der Waals surface area contributed by atoms with Crippen LogP contribution in [0.1, 0.15) is 30.8 Å². The molecule has 0 amide bonds. The van der Waals surface area contributed by atoms with Crippen molar-refractivity contribution in [3.8, 4) is 0 Å². The van der Waals surface area contributed by atoms with Crippen molar-refractivity contribution >= 4 is 16.0 Å². The van der Waals surface area contributed by atoms with Gasteiger partial charge in [0.15, 0.2) is 0 Å². The zero-order chi connectivity index (χ0) is 16.2. The van der Waals surface area contributed by atoms with Crippen LogP contribution in [0.5, 0.6) is 0 Å². The average molecular weight is 318 g/mol. The summed E-state index contributed by atoms with van der Waals surface area (Å²) in [6, 6.07) is 0.853. The molecule has 0 saturated carbocycles. The van der Waals surface area contributed by atoms with E-state index in [0.29, 0.717) is 13.0 Å². The van der Waals surface area contributed by atoms with Crippen LogP contribution in [0, 0.1) is 0 Å². The Morgan fingerprint density at radius 2 is 2.14 bits per heavy atom. The number of nitrogens with zero attached hydrogens (tertiary/aromatic N) is 2. The van der Waals surface area contributed by atoms with Gasteiger partial charge in [-0.25, -0.2) is 13.2 Å². The first-order valence-electron chi connectivity index (χ1n) is 6.66. The van der Waals surface area contributed by atoms with Crippen molar-refractivity contribution < 1.29 is 23.1 Å². The number of aromatic carboxylic acids is 1. The summed E-state index contributed by atoms with van der Waals surface area (Å²) in [7, 11) is -0.793. The van der Waals surface area contributed by atoms with E-state index in [0.717, 1.165) is 0 Å². The molecule has 0 radical (unpaired) electrons. The van der Waals surface area contributed by atoms with Gasteiger partial charge in [0.2, 0.25) is 10.0 Å². The third-order valence-corrected chi connectivity index (χ3v) is 5.20. The maximum Gasteiger partial charge on any atom is 0.352 e. The van der Waals surface area contributed by atoms with E-state index in [4.69, 9.17) is 9.84 Å². The number of carboxylic acids is 1. The first kappa shape index (κ1) is 17.7. The average Bonchev–Trinajstić information content (AvgIpc) is 2.83. The number of hydrogen-bond acceptors (Lipinski definition) is 4. The van der Waals surface area contributed by atoms with Crippen LogP contribution >= 0.6 is 0 Å². The van der Waals surface area contributed by atoms with Crippen molar-refractivity contribution in [3.63, 3.8) is 0 Å². The topological polar surface area (TPSA) is 88.8 Å². The van der Waals surface area contributed by atoms with Crippen LogP contribution in [0.4, 0.5) is 0 Å². The van der Waals surface area contributed by atoms with E-state index in [1.54, 1.807) is 6.92 Å². The smallest absolute Gasteiger partial charge is 0.352 e. The highest BCUT2D eigenvalue weighted by atomic mass is 32.2. The van der Waals surface area contributed by atoms with Crippen molar-refractivity contribution in [1.29, 1.82) is 0 Å². The highest BCUT2D eigenvalue weighted by Crippen LogP contribution is 2.20. The van der Waals surface area contributed by atoms with Crippen LogP contribution in [0.15, 0.2) is 17.2 Å². The highest BCUT2D eigenvalue weighted by Gasteiger charge is 2.28.